The molecule has 2 aliphatic rings. The van der Waals surface area contributed by atoms with Gasteiger partial charge in [0, 0.05) is 0 Å². The molecule has 0 radical (unpaired) electrons. The van der Waals surface area contributed by atoms with E-state index in [4.69, 9.17) is 5.11 Å². The number of hydrogen-bond donors (Lipinski definition) is 1. The summed E-state index contributed by atoms with van der Waals surface area (Å²) in [6.45, 7) is 0.307. The summed E-state index contributed by atoms with van der Waals surface area (Å²) < 4.78 is 2.43. The Morgan fingerprint density at radius 1 is 1.14 bits per heavy atom. The summed E-state index contributed by atoms with van der Waals surface area (Å²) in [5.74, 6) is 0. The summed E-state index contributed by atoms with van der Waals surface area (Å²) in [5.41, 5.74) is 4.48. The van der Waals surface area contributed by atoms with E-state index < -0.39 is 23.2 Å². The summed E-state index contributed by atoms with van der Waals surface area (Å²) in [6.07, 6.45) is 12.4. The maximum absolute atomic E-state index is 8.98. The van der Waals surface area contributed by atoms with Crippen LogP contribution in [0.1, 0.15) is 34.0 Å². The third-order valence-electron chi connectivity index (χ3n) is 3.76. The van der Waals surface area contributed by atoms with Crippen LogP contribution in [-0.2, 0) is 23.2 Å². The van der Waals surface area contributed by atoms with Crippen molar-refractivity contribution >= 4 is 6.08 Å². The average Bonchev–Trinajstić information content (AvgIpc) is 3.05. The number of aliphatic hydroxyl groups excluding tert-OH is 1. The van der Waals surface area contributed by atoms with E-state index in [-0.39, 0.29) is 24.8 Å². The molecule has 0 heterocycles. The predicted octanol–water partition coefficient (Wildman–Crippen LogP) is -2.17. The Hall–Kier alpha value is -0.137. The first-order chi connectivity index (χ1) is 9.38. The quantitative estimate of drug-likeness (QED) is 0.597. The molecule has 1 atom stereocenters. The first kappa shape index (κ1) is 18.9. The molecule has 3 rings (SSSR count). The zero-order chi connectivity index (χ0) is 13.1. The first-order valence-corrected chi connectivity index (χ1v) is 9.56. The van der Waals surface area contributed by atoms with Gasteiger partial charge in [-0.25, -0.2) is 0 Å². The Balaban J connectivity index is 0.00000110. The van der Waals surface area contributed by atoms with E-state index in [1.165, 1.54) is 23.1 Å². The van der Waals surface area contributed by atoms with Crippen molar-refractivity contribution < 1.29 is 53.2 Å². The normalized spacial score (nSPS) is 18.0. The van der Waals surface area contributed by atoms with Crippen molar-refractivity contribution in [3.63, 3.8) is 0 Å². The van der Waals surface area contributed by atoms with Crippen molar-refractivity contribution in [2.45, 2.75) is 22.9 Å². The fourth-order valence-electron chi connectivity index (χ4n) is 2.77. The van der Waals surface area contributed by atoms with Crippen LogP contribution in [0.4, 0.5) is 0 Å². The van der Waals surface area contributed by atoms with Gasteiger partial charge in [-0.2, -0.15) is 0 Å². The smallest absolute Gasteiger partial charge is 1.00 e. The molecule has 1 unspecified atom stereocenters. The zero-order valence-corrected chi connectivity index (χ0v) is 15.7. The zero-order valence-electron chi connectivity index (χ0n) is 11.7. The van der Waals surface area contributed by atoms with Crippen LogP contribution in [-0.4, -0.2) is 11.7 Å². The van der Waals surface area contributed by atoms with Crippen LogP contribution in [0.15, 0.2) is 51.3 Å². The summed E-state index contributed by atoms with van der Waals surface area (Å²) in [4.78, 5) is 0. The third-order valence-corrected chi connectivity index (χ3v) is 7.91. The van der Waals surface area contributed by atoms with Crippen molar-refractivity contribution in [1.29, 1.82) is 0 Å². The number of halogens is 2. The van der Waals surface area contributed by atoms with E-state index >= 15 is 0 Å². The van der Waals surface area contributed by atoms with Gasteiger partial charge in [-0.05, 0) is 0 Å². The molecule has 2 aliphatic carbocycles. The molecule has 1 N–H and O–H groups in total. The molecule has 0 aromatic heterocycles. The number of fused-ring (bicyclic) bond motifs is 1. The van der Waals surface area contributed by atoms with Crippen molar-refractivity contribution in [1.82, 2.24) is 0 Å². The summed E-state index contributed by atoms with van der Waals surface area (Å²) in [5, 5.41) is 8.98. The Morgan fingerprint density at radius 3 is 2.76 bits per heavy atom. The minimum absolute atomic E-state index is 0. The Bertz CT molecular complexity index is 564. The Kier molecular flexibility index (Phi) is 8.20. The molecule has 0 fully saturated rings. The molecule has 110 valence electrons. The van der Waals surface area contributed by atoms with Gasteiger partial charge in [-0.3, -0.25) is 0 Å². The second-order valence-electron chi connectivity index (χ2n) is 5.05. The van der Waals surface area contributed by atoms with Gasteiger partial charge in [0.2, 0.25) is 0 Å². The van der Waals surface area contributed by atoms with Crippen molar-refractivity contribution in [2.75, 3.05) is 6.61 Å². The molecule has 1 nitrogen and oxygen atoms in total. The fourth-order valence-corrected chi connectivity index (χ4v) is 6.74. The second kappa shape index (κ2) is 9.10. The van der Waals surface area contributed by atoms with Crippen molar-refractivity contribution in [3.05, 3.63) is 62.5 Å². The molecular weight excluding hydrogens is 382 g/mol. The largest absolute Gasteiger partial charge is 1.00 e. The summed E-state index contributed by atoms with van der Waals surface area (Å²) in [7, 11) is 0. The van der Waals surface area contributed by atoms with Gasteiger partial charge in [0.15, 0.2) is 0 Å². The van der Waals surface area contributed by atoms with Gasteiger partial charge in [0.25, 0.3) is 0 Å². The molecule has 0 saturated heterocycles. The number of hydrogen-bond acceptors (Lipinski definition) is 1. The van der Waals surface area contributed by atoms with Gasteiger partial charge in [-0.15, -0.1) is 0 Å². The Morgan fingerprint density at radius 2 is 1.95 bits per heavy atom. The molecule has 1 aromatic carbocycles. The van der Waals surface area contributed by atoms with Crippen LogP contribution in [0.5, 0.6) is 0 Å². The van der Waals surface area contributed by atoms with E-state index in [0.717, 1.165) is 12.8 Å². The molecular formula is C17H18Cl2OZr. The topological polar surface area (TPSA) is 20.2 Å². The molecule has 1 aromatic rings. The van der Waals surface area contributed by atoms with Crippen LogP contribution in [0.3, 0.4) is 0 Å². The first-order valence-electron chi connectivity index (χ1n) is 6.91. The Labute approximate surface area is 150 Å². The number of rotatable bonds is 5. The van der Waals surface area contributed by atoms with E-state index in [1.54, 1.807) is 3.28 Å². The molecule has 0 spiro atoms. The molecule has 0 amide bonds. The fraction of sp³-hybridized carbons (Fsp3) is 0.294. The van der Waals surface area contributed by atoms with Crippen LogP contribution in [0.2, 0.25) is 0 Å². The van der Waals surface area contributed by atoms with E-state index in [9.17, 15) is 0 Å². The van der Waals surface area contributed by atoms with Crippen molar-refractivity contribution in [3.8, 4) is 0 Å². The predicted molar refractivity (Wildman–Crippen MR) is 75.3 cm³/mol. The summed E-state index contributed by atoms with van der Waals surface area (Å²) in [6, 6.07) is 8.79. The number of aliphatic hydroxyl groups is 1. The van der Waals surface area contributed by atoms with Crippen LogP contribution in [0, 0.1) is 0 Å². The standard InChI is InChI=1S/C9H7.C8H11O.2ClH.Zr/c1-2-5-9-7-3-6-8(9)4-1;9-7-3-6-8-4-1-2-5-8;;;/h1-7H;1,4,9H,2-3,6-7H2;2*1H;/q;;;;+2/p-2. The maximum atomic E-state index is 8.98. The molecule has 0 aliphatic heterocycles. The number of benzene rings is 1. The monoisotopic (exact) mass is 398 g/mol. The van der Waals surface area contributed by atoms with E-state index in [0.29, 0.717) is 10.2 Å². The maximum Gasteiger partial charge on any atom is -1.00 e. The van der Waals surface area contributed by atoms with Crippen LogP contribution in [0.25, 0.3) is 6.08 Å². The van der Waals surface area contributed by atoms with E-state index in [1.807, 2.05) is 0 Å². The average molecular weight is 400 g/mol. The van der Waals surface area contributed by atoms with Gasteiger partial charge >= 0.3 is 126 Å². The van der Waals surface area contributed by atoms with Gasteiger partial charge in [0.05, 0.1) is 0 Å². The van der Waals surface area contributed by atoms with Gasteiger partial charge in [0.1, 0.15) is 0 Å². The van der Waals surface area contributed by atoms with Crippen LogP contribution >= 0.6 is 0 Å². The minimum Gasteiger partial charge on any atom is -1.00 e. The second-order valence-corrected chi connectivity index (χ2v) is 8.77. The van der Waals surface area contributed by atoms with E-state index in [2.05, 4.69) is 48.6 Å². The minimum atomic E-state index is -0.584. The molecule has 21 heavy (non-hydrogen) atoms. The molecule has 0 saturated carbocycles. The van der Waals surface area contributed by atoms with Gasteiger partial charge < -0.3 is 24.8 Å². The number of allylic oxidation sites excluding steroid dienone is 5. The third kappa shape index (κ3) is 4.42. The molecule has 4 heteroatoms. The SMILES string of the molecule is OCCCC1=[C]([Zr+2][CH]2C=Cc3ccccc32)CC=C1.[Cl-].[Cl-]. The molecule has 0 bridgehead atoms. The van der Waals surface area contributed by atoms with Crippen LogP contribution < -0.4 is 24.8 Å². The van der Waals surface area contributed by atoms with Crippen molar-refractivity contribution in [2.24, 2.45) is 0 Å². The van der Waals surface area contributed by atoms with Gasteiger partial charge in [-0.1, -0.05) is 0 Å². The summed E-state index contributed by atoms with van der Waals surface area (Å²) >= 11 is -0.584.